The summed E-state index contributed by atoms with van der Waals surface area (Å²) >= 11 is 3.25. The van der Waals surface area contributed by atoms with Gasteiger partial charge in [0.05, 0.1) is 5.60 Å². The maximum atomic E-state index is 13.2. The molecule has 2 atom stereocenters. The number of rotatable bonds is 4. The molecule has 0 fully saturated rings. The SMILES string of the molecule is CCC(C)C(C)(O)Cc1cc(F)cc(Br)c1. The highest BCUT2D eigenvalue weighted by Crippen LogP contribution is 2.26. The van der Waals surface area contributed by atoms with Gasteiger partial charge in [-0.25, -0.2) is 4.39 Å². The fraction of sp³-hybridized carbons (Fsp3) is 0.538. The van der Waals surface area contributed by atoms with Gasteiger partial charge in [0.2, 0.25) is 0 Å². The largest absolute Gasteiger partial charge is 0.390 e. The van der Waals surface area contributed by atoms with Crippen LogP contribution >= 0.6 is 15.9 Å². The molecule has 0 aliphatic carbocycles. The zero-order valence-corrected chi connectivity index (χ0v) is 11.5. The summed E-state index contributed by atoms with van der Waals surface area (Å²) in [6.45, 7) is 5.86. The quantitative estimate of drug-likeness (QED) is 0.890. The maximum absolute atomic E-state index is 13.2. The van der Waals surface area contributed by atoms with E-state index in [1.54, 1.807) is 6.92 Å². The van der Waals surface area contributed by atoms with Crippen LogP contribution < -0.4 is 0 Å². The van der Waals surface area contributed by atoms with Gasteiger partial charge in [-0.05, 0) is 36.6 Å². The first-order chi connectivity index (χ1) is 7.35. The monoisotopic (exact) mass is 288 g/mol. The number of benzene rings is 1. The molecule has 1 aromatic rings. The van der Waals surface area contributed by atoms with Crippen molar-refractivity contribution >= 4 is 15.9 Å². The Hall–Kier alpha value is -0.410. The van der Waals surface area contributed by atoms with Crippen LogP contribution in [0.3, 0.4) is 0 Å². The van der Waals surface area contributed by atoms with Crippen LogP contribution in [0.4, 0.5) is 4.39 Å². The van der Waals surface area contributed by atoms with E-state index in [2.05, 4.69) is 15.9 Å². The third-order valence-electron chi connectivity index (χ3n) is 3.16. The summed E-state index contributed by atoms with van der Waals surface area (Å²) in [6.07, 6.45) is 1.38. The molecule has 0 heterocycles. The molecule has 90 valence electrons. The van der Waals surface area contributed by atoms with Gasteiger partial charge in [0, 0.05) is 10.9 Å². The van der Waals surface area contributed by atoms with E-state index >= 15 is 0 Å². The Morgan fingerprint density at radius 3 is 2.56 bits per heavy atom. The van der Waals surface area contributed by atoms with Crippen LogP contribution in [0.15, 0.2) is 22.7 Å². The zero-order valence-electron chi connectivity index (χ0n) is 9.93. The van der Waals surface area contributed by atoms with E-state index in [1.165, 1.54) is 12.1 Å². The van der Waals surface area contributed by atoms with Crippen molar-refractivity contribution in [1.82, 2.24) is 0 Å². The minimum atomic E-state index is -0.790. The van der Waals surface area contributed by atoms with E-state index < -0.39 is 5.60 Å². The predicted octanol–water partition coefficient (Wildman–Crippen LogP) is 3.93. The zero-order chi connectivity index (χ0) is 12.3. The summed E-state index contributed by atoms with van der Waals surface area (Å²) in [4.78, 5) is 0. The van der Waals surface area contributed by atoms with E-state index in [9.17, 15) is 9.50 Å². The van der Waals surface area contributed by atoms with Crippen LogP contribution in [0.2, 0.25) is 0 Å². The summed E-state index contributed by atoms with van der Waals surface area (Å²) in [5.74, 6) is -0.0844. The maximum Gasteiger partial charge on any atom is 0.124 e. The van der Waals surface area contributed by atoms with Gasteiger partial charge in [-0.15, -0.1) is 0 Å². The summed E-state index contributed by atoms with van der Waals surface area (Å²) in [6, 6.07) is 4.74. The third-order valence-corrected chi connectivity index (χ3v) is 3.62. The van der Waals surface area contributed by atoms with E-state index in [4.69, 9.17) is 0 Å². The smallest absolute Gasteiger partial charge is 0.124 e. The molecule has 0 saturated carbocycles. The Balaban J connectivity index is 2.87. The molecule has 16 heavy (non-hydrogen) atoms. The molecule has 0 bridgehead atoms. The van der Waals surface area contributed by atoms with Crippen molar-refractivity contribution in [2.24, 2.45) is 5.92 Å². The summed E-state index contributed by atoms with van der Waals surface area (Å²) in [7, 11) is 0. The number of halogens is 2. The van der Waals surface area contributed by atoms with Crippen molar-refractivity contribution in [3.8, 4) is 0 Å². The average molecular weight is 289 g/mol. The Labute approximate surface area is 105 Å². The summed E-state index contributed by atoms with van der Waals surface area (Å²) in [5, 5.41) is 10.3. The van der Waals surface area contributed by atoms with Crippen LogP contribution in [0.1, 0.15) is 32.8 Å². The van der Waals surface area contributed by atoms with E-state index in [-0.39, 0.29) is 11.7 Å². The van der Waals surface area contributed by atoms with Crippen molar-refractivity contribution in [3.63, 3.8) is 0 Å². The number of hydrogen-bond acceptors (Lipinski definition) is 1. The molecule has 0 radical (unpaired) electrons. The molecule has 0 saturated heterocycles. The van der Waals surface area contributed by atoms with Gasteiger partial charge in [-0.3, -0.25) is 0 Å². The van der Waals surface area contributed by atoms with Gasteiger partial charge in [0.1, 0.15) is 5.82 Å². The normalized spacial score (nSPS) is 16.9. The van der Waals surface area contributed by atoms with Crippen molar-refractivity contribution in [3.05, 3.63) is 34.1 Å². The molecular formula is C13H18BrFO. The molecular weight excluding hydrogens is 271 g/mol. The molecule has 0 aliphatic rings. The van der Waals surface area contributed by atoms with Gasteiger partial charge < -0.3 is 5.11 Å². The molecule has 1 aromatic carbocycles. The Morgan fingerprint density at radius 2 is 2.06 bits per heavy atom. The standard InChI is InChI=1S/C13H18BrFO/c1-4-9(2)13(3,16)8-10-5-11(14)7-12(15)6-10/h5-7,9,16H,4,8H2,1-3H3. The van der Waals surface area contributed by atoms with Gasteiger partial charge >= 0.3 is 0 Å². The lowest BCUT2D eigenvalue weighted by Crippen LogP contribution is -2.34. The van der Waals surface area contributed by atoms with Crippen molar-refractivity contribution in [1.29, 1.82) is 0 Å². The van der Waals surface area contributed by atoms with Crippen molar-refractivity contribution in [2.75, 3.05) is 0 Å². The first kappa shape index (κ1) is 13.7. The molecule has 0 aliphatic heterocycles. The second kappa shape index (κ2) is 5.28. The van der Waals surface area contributed by atoms with E-state index in [1.807, 2.05) is 19.9 Å². The molecule has 2 unspecified atom stereocenters. The fourth-order valence-corrected chi connectivity index (χ4v) is 2.25. The molecule has 0 aromatic heterocycles. The van der Waals surface area contributed by atoms with Crippen molar-refractivity contribution < 1.29 is 9.50 Å². The van der Waals surface area contributed by atoms with Crippen molar-refractivity contribution in [2.45, 2.75) is 39.2 Å². The Kier molecular flexibility index (Phi) is 4.51. The summed E-state index contributed by atoms with van der Waals surface area (Å²) in [5.41, 5.74) is 0.0271. The third kappa shape index (κ3) is 3.56. The van der Waals surface area contributed by atoms with Crippen LogP contribution in [-0.2, 0) is 6.42 Å². The Morgan fingerprint density at radius 1 is 1.44 bits per heavy atom. The van der Waals surface area contributed by atoms with E-state index in [0.717, 1.165) is 12.0 Å². The first-order valence-corrected chi connectivity index (χ1v) is 6.32. The van der Waals surface area contributed by atoms with Gasteiger partial charge in [0.15, 0.2) is 0 Å². The lowest BCUT2D eigenvalue weighted by Gasteiger charge is -2.29. The highest BCUT2D eigenvalue weighted by Gasteiger charge is 2.27. The van der Waals surface area contributed by atoms with Crippen LogP contribution in [0.25, 0.3) is 0 Å². The molecule has 3 heteroatoms. The molecule has 1 N–H and O–H groups in total. The van der Waals surface area contributed by atoms with Crippen LogP contribution in [0.5, 0.6) is 0 Å². The fourth-order valence-electron chi connectivity index (χ4n) is 1.74. The second-order valence-corrected chi connectivity index (χ2v) is 5.54. The molecule has 0 spiro atoms. The number of aliphatic hydroxyl groups is 1. The average Bonchev–Trinajstić information content (AvgIpc) is 2.13. The van der Waals surface area contributed by atoms with Gasteiger partial charge in [-0.2, -0.15) is 0 Å². The second-order valence-electron chi connectivity index (χ2n) is 4.62. The number of hydrogen-bond donors (Lipinski definition) is 1. The van der Waals surface area contributed by atoms with Gasteiger partial charge in [-0.1, -0.05) is 36.2 Å². The topological polar surface area (TPSA) is 20.2 Å². The highest BCUT2D eigenvalue weighted by atomic mass is 79.9. The van der Waals surface area contributed by atoms with Gasteiger partial charge in [0.25, 0.3) is 0 Å². The predicted molar refractivity (Wildman–Crippen MR) is 67.9 cm³/mol. The van der Waals surface area contributed by atoms with Crippen LogP contribution in [0, 0.1) is 11.7 Å². The highest BCUT2D eigenvalue weighted by molar-refractivity contribution is 9.10. The lowest BCUT2D eigenvalue weighted by atomic mass is 9.83. The lowest BCUT2D eigenvalue weighted by molar-refractivity contribution is 0.00512. The first-order valence-electron chi connectivity index (χ1n) is 5.52. The Bertz CT molecular complexity index is 343. The minimum absolute atomic E-state index is 0.189. The van der Waals surface area contributed by atoms with E-state index in [0.29, 0.717) is 10.9 Å². The molecule has 0 amide bonds. The summed E-state index contributed by atoms with van der Waals surface area (Å²) < 4.78 is 13.9. The minimum Gasteiger partial charge on any atom is -0.390 e. The molecule has 1 rings (SSSR count). The molecule has 1 nitrogen and oxygen atoms in total. The van der Waals surface area contributed by atoms with Crippen LogP contribution in [-0.4, -0.2) is 10.7 Å².